The fourth-order valence-electron chi connectivity index (χ4n) is 0. The van der Waals surface area contributed by atoms with Gasteiger partial charge in [-0.15, -0.1) is 0 Å². The van der Waals surface area contributed by atoms with Crippen LogP contribution in [0.3, 0.4) is 0 Å². The van der Waals surface area contributed by atoms with Crippen LogP contribution in [0.2, 0.25) is 0 Å². The van der Waals surface area contributed by atoms with Crippen LogP contribution < -0.4 is 0 Å². The Bertz CT molecular complexity index is 29.9. The Balaban J connectivity index is 0. The zero-order valence-electron chi connectivity index (χ0n) is 2.91. The van der Waals surface area contributed by atoms with Crippen LogP contribution >= 0.6 is 0 Å². The fourth-order valence-corrected chi connectivity index (χ4v) is 0. The first kappa shape index (κ1) is 3.67. The van der Waals surface area contributed by atoms with E-state index >= 15 is 0 Å². The van der Waals surface area contributed by atoms with E-state index in [1.54, 1.807) is 0 Å². The lowest BCUT2D eigenvalue weighted by molar-refractivity contribution is -0.114. The lowest BCUT2D eigenvalue weighted by atomic mass is 10.6. The minimum Gasteiger partial charge on any atom is -0.300 e. The SMILES string of the molecule is CC(C)=O.[3HH]. The molecule has 0 saturated heterocycles. The van der Waals surface area contributed by atoms with Crippen molar-refractivity contribution in [3.8, 4) is 0 Å². The molecule has 0 heterocycles. The highest BCUT2D eigenvalue weighted by atomic mass is 16.1. The van der Waals surface area contributed by atoms with Gasteiger partial charge in [-0.1, -0.05) is 0 Å². The molecule has 0 aliphatic heterocycles. The highest BCUT2D eigenvalue weighted by Gasteiger charge is 1.62. The lowest BCUT2D eigenvalue weighted by Gasteiger charge is -1.56. The molecule has 0 aromatic heterocycles. The van der Waals surface area contributed by atoms with Crippen LogP contribution in [-0.4, -0.2) is 5.78 Å². The van der Waals surface area contributed by atoms with E-state index in [0.29, 0.717) is 0 Å². The lowest BCUT2D eigenvalue weighted by Crippen LogP contribution is -1.69. The van der Waals surface area contributed by atoms with Crippen LogP contribution in [0.25, 0.3) is 0 Å². The van der Waals surface area contributed by atoms with Crippen molar-refractivity contribution < 1.29 is 6.22 Å². The maximum Gasteiger partial charge on any atom is 0.126 e. The summed E-state index contributed by atoms with van der Waals surface area (Å²) in [6.07, 6.45) is 0. The minimum atomic E-state index is 0. The summed E-state index contributed by atoms with van der Waals surface area (Å²) in [6.45, 7) is 3.06. The van der Waals surface area contributed by atoms with E-state index in [-0.39, 0.29) is 7.21 Å². The first-order valence-electron chi connectivity index (χ1n) is 1.20. The Morgan fingerprint density at radius 1 is 1.75 bits per heavy atom. The van der Waals surface area contributed by atoms with E-state index < -0.39 is 0 Å². The Morgan fingerprint density at radius 2 is 1.75 bits per heavy atom. The van der Waals surface area contributed by atoms with Gasteiger partial charge in [0.05, 0.1) is 0 Å². The molecule has 0 aliphatic carbocycles. The molecule has 0 radical (unpaired) electrons. The van der Waals surface area contributed by atoms with Crippen molar-refractivity contribution in [1.82, 2.24) is 0 Å². The van der Waals surface area contributed by atoms with Gasteiger partial charge >= 0.3 is 0 Å². The van der Waals surface area contributed by atoms with Gasteiger partial charge in [0.2, 0.25) is 0 Å². The van der Waals surface area contributed by atoms with E-state index in [0.717, 1.165) is 0 Å². The van der Waals surface area contributed by atoms with Crippen LogP contribution in [0, 0.1) is 0 Å². The Hall–Kier alpha value is -0.330. The Kier molecular flexibility index (Phi) is 0.958. The van der Waals surface area contributed by atoms with Gasteiger partial charge in [-0.25, -0.2) is 0 Å². The standard InChI is InChI=1S/C3H6O.H2/c1-3(2)4;/h1-2H3;1H/i;1+2. The van der Waals surface area contributed by atoms with Gasteiger partial charge < -0.3 is 4.79 Å². The second kappa shape index (κ2) is 1.04. The predicted octanol–water partition coefficient (Wildman–Crippen LogP) is 0.841. The number of rotatable bonds is 0. The third-order valence-electron chi connectivity index (χ3n) is 0. The van der Waals surface area contributed by atoms with Gasteiger partial charge in [-0.3, -0.25) is 0 Å². The largest absolute Gasteiger partial charge is 0.300 e. The zero-order valence-corrected chi connectivity index (χ0v) is 2.91. The van der Waals surface area contributed by atoms with Gasteiger partial charge in [0, 0.05) is 1.43 Å². The molecule has 0 unspecified atom stereocenters. The van der Waals surface area contributed by atoms with E-state index in [9.17, 15) is 4.79 Å². The molecule has 26 valence electrons. The van der Waals surface area contributed by atoms with Crippen molar-refractivity contribution in [2.75, 3.05) is 0 Å². The molecule has 0 spiro atoms. The average Bonchev–Trinajstić information content (AvgIpc) is 0.811. The van der Waals surface area contributed by atoms with Gasteiger partial charge in [0.25, 0.3) is 0 Å². The second-order valence-electron chi connectivity index (χ2n) is 0.908. The summed E-state index contributed by atoms with van der Waals surface area (Å²) in [5.41, 5.74) is 0. The molecular formula is C3H8O. The molecule has 0 fully saturated rings. The van der Waals surface area contributed by atoms with Crippen molar-refractivity contribution in [3.05, 3.63) is 0 Å². The van der Waals surface area contributed by atoms with Crippen molar-refractivity contribution in [2.24, 2.45) is 0 Å². The summed E-state index contributed by atoms with van der Waals surface area (Å²) in [5.74, 6) is 0.167. The topological polar surface area (TPSA) is 17.1 Å². The molecule has 0 aromatic rings. The van der Waals surface area contributed by atoms with Crippen molar-refractivity contribution in [1.29, 1.82) is 0 Å². The number of carbonyl (C=O) groups is 1. The summed E-state index contributed by atoms with van der Waals surface area (Å²) in [4.78, 5) is 9.44. The smallest absolute Gasteiger partial charge is 0.126 e. The number of hydrogen-bond donors (Lipinski definition) is 0. The first-order chi connectivity index (χ1) is 1.73. The highest BCUT2D eigenvalue weighted by Crippen LogP contribution is 1.50. The van der Waals surface area contributed by atoms with Crippen molar-refractivity contribution in [2.45, 2.75) is 13.8 Å². The van der Waals surface area contributed by atoms with Crippen molar-refractivity contribution >= 4 is 5.78 Å². The molecule has 0 amide bonds. The molecule has 0 atom stereocenters. The molecule has 0 N–H and O–H groups in total. The predicted molar refractivity (Wildman–Crippen MR) is 18.5 cm³/mol. The van der Waals surface area contributed by atoms with Crippen LogP contribution in [-0.2, 0) is 4.79 Å². The van der Waals surface area contributed by atoms with Gasteiger partial charge in [0.1, 0.15) is 5.78 Å². The van der Waals surface area contributed by atoms with Gasteiger partial charge in [-0.05, 0) is 13.8 Å². The van der Waals surface area contributed by atoms with Crippen LogP contribution in [0.15, 0.2) is 0 Å². The Labute approximate surface area is 27.1 Å². The summed E-state index contributed by atoms with van der Waals surface area (Å²) >= 11 is 0. The van der Waals surface area contributed by atoms with E-state index in [4.69, 9.17) is 0 Å². The monoisotopic (exact) mass is 62.1 g/mol. The molecule has 1 nitrogen and oxygen atoms in total. The summed E-state index contributed by atoms with van der Waals surface area (Å²) in [5, 5.41) is 0. The summed E-state index contributed by atoms with van der Waals surface area (Å²) in [6, 6.07) is 0. The number of hydrogen-bond acceptors (Lipinski definition) is 1. The highest BCUT2D eigenvalue weighted by molar-refractivity contribution is 5.72. The maximum absolute atomic E-state index is 9.44. The normalized spacial score (nSPS) is 6.50. The molecule has 1 heteroatoms. The fraction of sp³-hybridized carbons (Fsp3) is 0.667. The number of carbonyl (C=O) groups excluding carboxylic acids is 1. The third kappa shape index (κ3) is 6.88. The molecular weight excluding hydrogens is 52.0 g/mol. The van der Waals surface area contributed by atoms with Crippen molar-refractivity contribution in [3.63, 3.8) is 0 Å². The number of ketones is 1. The van der Waals surface area contributed by atoms with E-state index in [1.165, 1.54) is 13.8 Å². The second-order valence-corrected chi connectivity index (χ2v) is 0.908. The van der Waals surface area contributed by atoms with Crippen LogP contribution in [0.5, 0.6) is 0 Å². The number of Topliss-reactive ketones (excluding diaryl/α,β-unsaturated/α-hetero) is 1. The zero-order chi connectivity index (χ0) is 3.58. The first-order valence-corrected chi connectivity index (χ1v) is 1.20. The average molecular weight is 62.1 g/mol. The van der Waals surface area contributed by atoms with E-state index in [1.807, 2.05) is 0 Å². The maximum atomic E-state index is 9.44. The molecule has 0 saturated carbocycles. The molecule has 0 rings (SSSR count). The van der Waals surface area contributed by atoms with E-state index in [2.05, 4.69) is 0 Å². The van der Waals surface area contributed by atoms with Crippen LogP contribution in [0.4, 0.5) is 0 Å². The molecule has 0 aromatic carbocycles. The summed E-state index contributed by atoms with van der Waals surface area (Å²) < 4.78 is 0. The van der Waals surface area contributed by atoms with Gasteiger partial charge in [-0.2, -0.15) is 0 Å². The van der Waals surface area contributed by atoms with Crippen LogP contribution in [0.1, 0.15) is 15.3 Å². The Morgan fingerprint density at radius 3 is 1.75 bits per heavy atom. The molecule has 0 bridgehead atoms. The quantitative estimate of drug-likeness (QED) is 0.406. The summed E-state index contributed by atoms with van der Waals surface area (Å²) in [7, 11) is 0. The molecule has 4 heavy (non-hydrogen) atoms. The van der Waals surface area contributed by atoms with Gasteiger partial charge in [0.15, 0.2) is 0 Å². The molecule has 0 aliphatic rings. The minimum absolute atomic E-state index is 0. The third-order valence-corrected chi connectivity index (χ3v) is 0.